The number of hydrogen-bond donors (Lipinski definition) is 0. The Bertz CT molecular complexity index is 1450. The average molecular weight is 394 g/mol. The molecule has 0 spiro atoms. The van der Waals surface area contributed by atoms with Gasteiger partial charge in [-0.2, -0.15) is 4.52 Å². The molecule has 2 heterocycles. The van der Waals surface area contributed by atoms with Crippen molar-refractivity contribution in [3.05, 3.63) is 100 Å². The third-order valence-electron chi connectivity index (χ3n) is 5.16. The third kappa shape index (κ3) is 2.99. The van der Waals surface area contributed by atoms with Crippen LogP contribution in [0.5, 0.6) is 0 Å². The molecule has 30 heavy (non-hydrogen) atoms. The van der Waals surface area contributed by atoms with E-state index >= 15 is 0 Å². The van der Waals surface area contributed by atoms with Gasteiger partial charge in [0, 0.05) is 16.5 Å². The fraction of sp³-hybridized carbons (Fsp3) is 0.0833. The molecule has 3 aromatic carbocycles. The minimum Gasteiger partial charge on any atom is -0.292 e. The standard InChI is InChI=1S/C24H18N4O2/c1-16-11-13-18(14-12-16)22-25-23-19-9-5-6-10-20(19)27(24(30)28(23)26-22)15-21(29)17-7-3-2-4-8-17/h2-14H,15H2,1H3. The fourth-order valence-electron chi connectivity index (χ4n) is 3.57. The van der Waals surface area contributed by atoms with Gasteiger partial charge in [0.2, 0.25) is 0 Å². The minimum absolute atomic E-state index is 0.0704. The first kappa shape index (κ1) is 18.0. The van der Waals surface area contributed by atoms with Crippen LogP contribution in [-0.2, 0) is 6.54 Å². The van der Waals surface area contributed by atoms with E-state index in [9.17, 15) is 9.59 Å². The second kappa shape index (κ2) is 7.08. The number of benzene rings is 3. The van der Waals surface area contributed by atoms with Crippen molar-refractivity contribution in [2.75, 3.05) is 0 Å². The van der Waals surface area contributed by atoms with E-state index in [-0.39, 0.29) is 18.0 Å². The van der Waals surface area contributed by atoms with E-state index in [1.165, 1.54) is 9.08 Å². The predicted octanol–water partition coefficient (Wildman–Crippen LogP) is 3.90. The molecule has 0 radical (unpaired) electrons. The summed E-state index contributed by atoms with van der Waals surface area (Å²) in [7, 11) is 0. The number of aryl methyl sites for hydroxylation is 1. The van der Waals surface area contributed by atoms with Crippen molar-refractivity contribution >= 4 is 22.3 Å². The second-order valence-corrected chi connectivity index (χ2v) is 7.21. The quantitative estimate of drug-likeness (QED) is 0.434. The summed E-state index contributed by atoms with van der Waals surface area (Å²) in [5, 5.41) is 5.23. The lowest BCUT2D eigenvalue weighted by atomic mass is 10.1. The van der Waals surface area contributed by atoms with Gasteiger partial charge < -0.3 is 0 Å². The molecule has 0 bridgehead atoms. The Balaban J connectivity index is 1.71. The number of aromatic nitrogens is 4. The largest absolute Gasteiger partial charge is 0.351 e. The molecule has 0 aliphatic rings. The Morgan fingerprint density at radius 2 is 1.60 bits per heavy atom. The molecule has 0 unspecified atom stereocenters. The highest BCUT2D eigenvalue weighted by Crippen LogP contribution is 2.21. The lowest BCUT2D eigenvalue weighted by molar-refractivity contribution is 0.0971. The average Bonchev–Trinajstić information content (AvgIpc) is 3.23. The van der Waals surface area contributed by atoms with Crippen LogP contribution in [0.1, 0.15) is 15.9 Å². The van der Waals surface area contributed by atoms with Gasteiger partial charge in [-0.3, -0.25) is 9.36 Å². The maximum absolute atomic E-state index is 13.3. The summed E-state index contributed by atoms with van der Waals surface area (Å²) in [5.41, 5.74) is 3.28. The van der Waals surface area contributed by atoms with Gasteiger partial charge >= 0.3 is 5.69 Å². The molecule has 5 rings (SSSR count). The molecule has 6 heteroatoms. The van der Waals surface area contributed by atoms with Crippen molar-refractivity contribution in [3.8, 4) is 11.4 Å². The van der Waals surface area contributed by atoms with E-state index in [0.717, 1.165) is 16.5 Å². The van der Waals surface area contributed by atoms with Crippen LogP contribution in [0.4, 0.5) is 0 Å². The molecule has 0 aliphatic heterocycles. The number of rotatable bonds is 4. The summed E-state index contributed by atoms with van der Waals surface area (Å²) in [5.74, 6) is 0.338. The van der Waals surface area contributed by atoms with Gasteiger partial charge in [-0.15, -0.1) is 5.10 Å². The molecule has 0 saturated heterocycles. The van der Waals surface area contributed by atoms with E-state index in [4.69, 9.17) is 0 Å². The Kier molecular flexibility index (Phi) is 4.25. The van der Waals surface area contributed by atoms with Crippen molar-refractivity contribution in [1.29, 1.82) is 0 Å². The highest BCUT2D eigenvalue weighted by atomic mass is 16.2. The van der Waals surface area contributed by atoms with E-state index in [0.29, 0.717) is 22.6 Å². The lowest BCUT2D eigenvalue weighted by Crippen LogP contribution is -2.30. The Labute approximate surface area is 172 Å². The van der Waals surface area contributed by atoms with Crippen LogP contribution in [0.3, 0.4) is 0 Å². The predicted molar refractivity (Wildman–Crippen MR) is 116 cm³/mol. The van der Waals surface area contributed by atoms with Crippen molar-refractivity contribution in [2.45, 2.75) is 13.5 Å². The first-order valence-electron chi connectivity index (χ1n) is 9.65. The molecule has 0 amide bonds. The highest BCUT2D eigenvalue weighted by molar-refractivity contribution is 5.98. The number of hydrogen-bond acceptors (Lipinski definition) is 4. The number of nitrogens with zero attached hydrogens (tertiary/aromatic N) is 4. The second-order valence-electron chi connectivity index (χ2n) is 7.21. The summed E-state index contributed by atoms with van der Waals surface area (Å²) >= 11 is 0. The zero-order valence-corrected chi connectivity index (χ0v) is 16.3. The van der Waals surface area contributed by atoms with Gasteiger partial charge in [0.05, 0.1) is 12.1 Å². The first-order valence-corrected chi connectivity index (χ1v) is 9.65. The molecule has 0 saturated carbocycles. The molecule has 0 fully saturated rings. The molecule has 5 aromatic rings. The summed E-state index contributed by atoms with van der Waals surface area (Å²) in [6, 6.07) is 24.3. The Morgan fingerprint density at radius 3 is 2.37 bits per heavy atom. The summed E-state index contributed by atoms with van der Waals surface area (Å²) in [6.45, 7) is 1.94. The van der Waals surface area contributed by atoms with Crippen LogP contribution in [-0.4, -0.2) is 24.9 Å². The summed E-state index contributed by atoms with van der Waals surface area (Å²) < 4.78 is 2.75. The number of para-hydroxylation sites is 1. The van der Waals surface area contributed by atoms with Crippen molar-refractivity contribution in [1.82, 2.24) is 19.2 Å². The molecular weight excluding hydrogens is 376 g/mol. The molecule has 146 valence electrons. The first-order chi connectivity index (χ1) is 14.6. The van der Waals surface area contributed by atoms with Crippen LogP contribution < -0.4 is 5.69 Å². The normalized spacial score (nSPS) is 11.2. The molecule has 6 nitrogen and oxygen atoms in total. The van der Waals surface area contributed by atoms with Gasteiger partial charge in [0.25, 0.3) is 0 Å². The maximum Gasteiger partial charge on any atom is 0.351 e. The molecule has 2 aromatic heterocycles. The van der Waals surface area contributed by atoms with E-state index in [1.54, 1.807) is 12.1 Å². The van der Waals surface area contributed by atoms with Crippen molar-refractivity contribution in [2.24, 2.45) is 0 Å². The van der Waals surface area contributed by atoms with Crippen LogP contribution in [0.15, 0.2) is 83.7 Å². The number of carbonyl (C=O) groups excluding carboxylic acids is 1. The van der Waals surface area contributed by atoms with Crippen molar-refractivity contribution < 1.29 is 4.79 Å². The van der Waals surface area contributed by atoms with Gasteiger partial charge in [-0.1, -0.05) is 72.3 Å². The number of fused-ring (bicyclic) bond motifs is 3. The number of Topliss-reactive ketones (excluding diaryl/α,β-unsaturated/α-hetero) is 1. The minimum atomic E-state index is -0.390. The zero-order chi connectivity index (χ0) is 20.7. The lowest BCUT2D eigenvalue weighted by Gasteiger charge is -2.10. The summed E-state index contributed by atoms with van der Waals surface area (Å²) in [6.07, 6.45) is 0. The van der Waals surface area contributed by atoms with E-state index < -0.39 is 0 Å². The van der Waals surface area contributed by atoms with Crippen molar-refractivity contribution in [3.63, 3.8) is 0 Å². The smallest absolute Gasteiger partial charge is 0.292 e. The third-order valence-corrected chi connectivity index (χ3v) is 5.16. The Hall–Kier alpha value is -4.06. The molecule has 0 N–H and O–H groups in total. The monoisotopic (exact) mass is 394 g/mol. The zero-order valence-electron chi connectivity index (χ0n) is 16.3. The van der Waals surface area contributed by atoms with Crippen LogP contribution >= 0.6 is 0 Å². The van der Waals surface area contributed by atoms with Gasteiger partial charge in [0.1, 0.15) is 0 Å². The van der Waals surface area contributed by atoms with Crippen LogP contribution in [0.25, 0.3) is 27.9 Å². The van der Waals surface area contributed by atoms with E-state index in [1.807, 2.05) is 73.7 Å². The Morgan fingerprint density at radius 1 is 0.900 bits per heavy atom. The van der Waals surface area contributed by atoms with Crippen LogP contribution in [0, 0.1) is 6.92 Å². The molecular formula is C24H18N4O2. The molecule has 0 aliphatic carbocycles. The SMILES string of the molecule is Cc1ccc(-c2nc3c4ccccc4n(CC(=O)c4ccccc4)c(=O)n3n2)cc1. The number of carbonyl (C=O) groups is 1. The fourth-order valence-corrected chi connectivity index (χ4v) is 3.57. The number of ketones is 1. The molecule has 0 atom stereocenters. The van der Waals surface area contributed by atoms with Gasteiger partial charge in [-0.05, 0) is 19.1 Å². The summed E-state index contributed by atoms with van der Waals surface area (Å²) in [4.78, 5) is 30.7. The van der Waals surface area contributed by atoms with E-state index in [2.05, 4.69) is 10.1 Å². The maximum atomic E-state index is 13.3. The topological polar surface area (TPSA) is 69.3 Å². The highest BCUT2D eigenvalue weighted by Gasteiger charge is 2.17. The van der Waals surface area contributed by atoms with Crippen LogP contribution in [0.2, 0.25) is 0 Å². The van der Waals surface area contributed by atoms with Gasteiger partial charge in [-0.25, -0.2) is 9.78 Å². The van der Waals surface area contributed by atoms with Gasteiger partial charge in [0.15, 0.2) is 17.3 Å².